The quantitative estimate of drug-likeness (QED) is 0.729. The Morgan fingerprint density at radius 3 is 2.43 bits per heavy atom. The van der Waals surface area contributed by atoms with Crippen LogP contribution < -0.4 is 0 Å². The van der Waals surface area contributed by atoms with Crippen molar-refractivity contribution in [3.05, 3.63) is 0 Å². The minimum atomic E-state index is -3.33. The van der Waals surface area contributed by atoms with Gasteiger partial charge in [-0.05, 0) is 12.8 Å². The summed E-state index contributed by atoms with van der Waals surface area (Å²) in [4.78, 5) is 16.5. The maximum Gasteiger partial charge on any atom is 0.240 e. The van der Waals surface area contributed by atoms with Gasteiger partial charge in [0.25, 0.3) is 0 Å². The minimum absolute atomic E-state index is 0.258. The highest BCUT2D eigenvalue weighted by molar-refractivity contribution is 7.92. The molecule has 2 aliphatic rings. The van der Waals surface area contributed by atoms with Crippen molar-refractivity contribution in [2.75, 3.05) is 45.6 Å². The molecule has 0 aromatic heterocycles. The highest BCUT2D eigenvalue weighted by atomic mass is 32.2. The highest BCUT2D eigenvalue weighted by Gasteiger charge is 2.40. The van der Waals surface area contributed by atoms with Crippen molar-refractivity contribution in [2.24, 2.45) is 5.92 Å². The summed E-state index contributed by atoms with van der Waals surface area (Å²) < 4.78 is 28.6. The van der Waals surface area contributed by atoms with Gasteiger partial charge in [0.15, 0.2) is 9.84 Å². The lowest BCUT2D eigenvalue weighted by atomic mass is 9.99. The lowest BCUT2D eigenvalue weighted by Gasteiger charge is -2.34. The van der Waals surface area contributed by atoms with Crippen molar-refractivity contribution in [3.63, 3.8) is 0 Å². The lowest BCUT2D eigenvalue weighted by molar-refractivity contribution is -0.129. The summed E-state index contributed by atoms with van der Waals surface area (Å²) in [6.07, 6.45) is 2.13. The number of carbonyl (C=O) groups excluding carboxylic acids is 1. The largest absolute Gasteiger partial charge is 0.379 e. The molecule has 6 nitrogen and oxygen atoms in total. The van der Waals surface area contributed by atoms with Crippen LogP contribution in [0.1, 0.15) is 20.3 Å². The van der Waals surface area contributed by atoms with Gasteiger partial charge in [0, 0.05) is 38.5 Å². The zero-order valence-corrected chi connectivity index (χ0v) is 13.9. The molecule has 0 bridgehead atoms. The molecule has 21 heavy (non-hydrogen) atoms. The molecule has 0 radical (unpaired) electrons. The van der Waals surface area contributed by atoms with Crippen molar-refractivity contribution < 1.29 is 17.9 Å². The number of likely N-dealkylation sites (tertiary alicyclic amines) is 1. The first-order chi connectivity index (χ1) is 9.84. The summed E-state index contributed by atoms with van der Waals surface area (Å²) in [6.45, 7) is 8.18. The first-order valence-corrected chi connectivity index (χ1v) is 9.59. The van der Waals surface area contributed by atoms with Crippen molar-refractivity contribution in [1.29, 1.82) is 0 Å². The Hall–Kier alpha value is -0.660. The second kappa shape index (κ2) is 6.62. The smallest absolute Gasteiger partial charge is 0.240 e. The monoisotopic (exact) mass is 318 g/mol. The number of ether oxygens (including phenoxy) is 1. The van der Waals surface area contributed by atoms with Crippen LogP contribution in [0.3, 0.4) is 0 Å². The van der Waals surface area contributed by atoms with Crippen molar-refractivity contribution in [2.45, 2.75) is 31.6 Å². The number of morpholine rings is 1. The van der Waals surface area contributed by atoms with Gasteiger partial charge in [0.2, 0.25) is 5.91 Å². The SMILES string of the molecule is CC[C@@H]1CN(C(=O)[C@H](C)S(C)(=O)=O)C[C@H]1N1CCOCC1. The minimum Gasteiger partial charge on any atom is -0.379 e. The van der Waals surface area contributed by atoms with Crippen LogP contribution in [0.4, 0.5) is 0 Å². The van der Waals surface area contributed by atoms with Crippen molar-refractivity contribution in [3.8, 4) is 0 Å². The second-order valence-corrected chi connectivity index (χ2v) is 8.47. The van der Waals surface area contributed by atoms with E-state index < -0.39 is 15.1 Å². The third-order valence-electron chi connectivity index (χ3n) is 4.75. The molecule has 0 aromatic rings. The number of sulfone groups is 1. The topological polar surface area (TPSA) is 66.9 Å². The highest BCUT2D eigenvalue weighted by Crippen LogP contribution is 2.26. The van der Waals surface area contributed by atoms with E-state index in [1.165, 1.54) is 6.92 Å². The van der Waals surface area contributed by atoms with Gasteiger partial charge in [-0.1, -0.05) is 13.3 Å². The number of rotatable bonds is 4. The van der Waals surface area contributed by atoms with Crippen LogP contribution in [0, 0.1) is 5.92 Å². The van der Waals surface area contributed by atoms with E-state index in [0.717, 1.165) is 39.0 Å². The predicted molar refractivity (Wildman–Crippen MR) is 80.8 cm³/mol. The van der Waals surface area contributed by atoms with Crippen LogP contribution in [0.25, 0.3) is 0 Å². The second-order valence-electron chi connectivity index (χ2n) is 6.10. The molecule has 3 atom stereocenters. The molecular weight excluding hydrogens is 292 g/mol. The zero-order chi connectivity index (χ0) is 15.6. The van der Waals surface area contributed by atoms with Crippen LogP contribution in [-0.2, 0) is 19.4 Å². The number of nitrogens with zero attached hydrogens (tertiary/aromatic N) is 2. The number of hydrogen-bond acceptors (Lipinski definition) is 5. The van der Waals surface area contributed by atoms with Gasteiger partial charge in [0.1, 0.15) is 5.25 Å². The molecule has 7 heteroatoms. The third kappa shape index (κ3) is 3.76. The van der Waals surface area contributed by atoms with E-state index in [1.807, 2.05) is 0 Å². The van der Waals surface area contributed by atoms with Gasteiger partial charge in [-0.25, -0.2) is 8.42 Å². The van der Waals surface area contributed by atoms with Crippen molar-refractivity contribution >= 4 is 15.7 Å². The van der Waals surface area contributed by atoms with Crippen LogP contribution in [0.2, 0.25) is 0 Å². The van der Waals surface area contributed by atoms with Crippen LogP contribution in [0.15, 0.2) is 0 Å². The summed E-state index contributed by atoms with van der Waals surface area (Å²) in [5, 5.41) is -0.946. The molecule has 0 saturated carbocycles. The molecular formula is C14H26N2O4S. The predicted octanol–water partition coefficient (Wildman–Crippen LogP) is -0.0113. The van der Waals surface area contributed by atoms with E-state index in [4.69, 9.17) is 4.74 Å². The molecule has 0 unspecified atom stereocenters. The molecule has 0 aliphatic carbocycles. The van der Waals surface area contributed by atoms with Gasteiger partial charge in [-0.15, -0.1) is 0 Å². The zero-order valence-electron chi connectivity index (χ0n) is 13.1. The summed E-state index contributed by atoms with van der Waals surface area (Å²) in [5.74, 6) is 0.158. The summed E-state index contributed by atoms with van der Waals surface area (Å²) >= 11 is 0. The third-order valence-corrected chi connectivity index (χ3v) is 6.23. The van der Waals surface area contributed by atoms with Gasteiger partial charge >= 0.3 is 0 Å². The summed E-state index contributed by atoms with van der Waals surface area (Å²) in [7, 11) is -3.33. The van der Waals surface area contributed by atoms with Crippen LogP contribution >= 0.6 is 0 Å². The maximum atomic E-state index is 12.4. The molecule has 2 saturated heterocycles. The van der Waals surface area contributed by atoms with E-state index in [9.17, 15) is 13.2 Å². The molecule has 0 spiro atoms. The van der Waals surface area contributed by atoms with E-state index >= 15 is 0 Å². The van der Waals surface area contributed by atoms with Gasteiger partial charge in [-0.3, -0.25) is 9.69 Å². The Labute approximate surface area is 127 Å². The Bertz CT molecular complexity index is 473. The summed E-state index contributed by atoms with van der Waals surface area (Å²) in [6, 6.07) is 0.328. The van der Waals surface area contributed by atoms with Gasteiger partial charge < -0.3 is 9.64 Å². The molecule has 0 N–H and O–H groups in total. The van der Waals surface area contributed by atoms with E-state index in [0.29, 0.717) is 25.0 Å². The van der Waals surface area contributed by atoms with Crippen molar-refractivity contribution in [1.82, 2.24) is 9.80 Å². The standard InChI is InChI=1S/C14H26N2O4S/c1-4-12-9-16(14(17)11(2)21(3,18)19)10-13(12)15-5-7-20-8-6-15/h11-13H,4-10H2,1-3H3/t11-,12+,13+/m0/s1. The molecule has 2 heterocycles. The molecule has 0 aromatic carbocycles. The van der Waals surface area contributed by atoms with E-state index in [-0.39, 0.29) is 5.91 Å². The number of amides is 1. The number of carbonyl (C=O) groups is 1. The van der Waals surface area contributed by atoms with E-state index in [2.05, 4.69) is 11.8 Å². The first kappa shape index (κ1) is 16.7. The first-order valence-electron chi connectivity index (χ1n) is 7.64. The molecule has 2 fully saturated rings. The molecule has 122 valence electrons. The Morgan fingerprint density at radius 1 is 1.29 bits per heavy atom. The van der Waals surface area contributed by atoms with Gasteiger partial charge in [0.05, 0.1) is 13.2 Å². The fourth-order valence-electron chi connectivity index (χ4n) is 3.20. The fraction of sp³-hybridized carbons (Fsp3) is 0.929. The van der Waals surface area contributed by atoms with Crippen LogP contribution in [0.5, 0.6) is 0 Å². The van der Waals surface area contributed by atoms with Gasteiger partial charge in [-0.2, -0.15) is 0 Å². The van der Waals surface area contributed by atoms with Crippen LogP contribution in [-0.4, -0.2) is 81.1 Å². The fourth-order valence-corrected chi connectivity index (χ4v) is 3.71. The Balaban J connectivity index is 2.05. The average molecular weight is 318 g/mol. The average Bonchev–Trinajstić information content (AvgIpc) is 2.90. The molecule has 2 rings (SSSR count). The molecule has 1 amide bonds. The maximum absolute atomic E-state index is 12.4. The Kier molecular flexibility index (Phi) is 5.27. The number of hydrogen-bond donors (Lipinski definition) is 0. The lowest BCUT2D eigenvalue weighted by Crippen LogP contribution is -2.48. The molecule has 2 aliphatic heterocycles. The van der Waals surface area contributed by atoms with E-state index in [1.54, 1.807) is 4.90 Å². The normalized spacial score (nSPS) is 29.6. The Morgan fingerprint density at radius 2 is 1.90 bits per heavy atom. The summed E-state index contributed by atoms with van der Waals surface area (Å²) in [5.41, 5.74) is 0.